The average molecular weight is 247 g/mol. The van der Waals surface area contributed by atoms with Crippen molar-refractivity contribution >= 4 is 0 Å². The first kappa shape index (κ1) is 13.8. The Morgan fingerprint density at radius 1 is 1.35 bits per heavy atom. The minimum atomic E-state index is -4.66. The van der Waals surface area contributed by atoms with Crippen LogP contribution in [-0.4, -0.2) is 6.36 Å². The maximum atomic E-state index is 12.0. The second-order valence-corrected chi connectivity index (χ2v) is 3.87. The predicted octanol–water partition coefficient (Wildman–Crippen LogP) is 3.78. The number of ether oxygens (including phenoxy) is 1. The molecule has 5 heteroatoms. The molecule has 2 N–H and O–H groups in total. The van der Waals surface area contributed by atoms with E-state index in [9.17, 15) is 13.2 Å². The third-order valence-corrected chi connectivity index (χ3v) is 2.39. The average Bonchev–Trinajstić information content (AvgIpc) is 2.24. The van der Waals surface area contributed by atoms with Gasteiger partial charge in [-0.05, 0) is 24.1 Å². The lowest BCUT2D eigenvalue weighted by Crippen LogP contribution is -2.17. The van der Waals surface area contributed by atoms with Gasteiger partial charge in [0.25, 0.3) is 0 Å². The zero-order valence-corrected chi connectivity index (χ0v) is 9.63. The Morgan fingerprint density at radius 3 is 2.65 bits per heavy atom. The molecule has 17 heavy (non-hydrogen) atoms. The van der Waals surface area contributed by atoms with Gasteiger partial charge in [0.1, 0.15) is 5.75 Å². The van der Waals surface area contributed by atoms with E-state index in [0.29, 0.717) is 5.56 Å². The lowest BCUT2D eigenvalue weighted by atomic mass is 10.0. The lowest BCUT2D eigenvalue weighted by Gasteiger charge is -2.14. The fourth-order valence-corrected chi connectivity index (χ4v) is 1.53. The van der Waals surface area contributed by atoms with E-state index in [-0.39, 0.29) is 11.8 Å². The Balaban J connectivity index is 2.71. The predicted molar refractivity (Wildman–Crippen MR) is 59.6 cm³/mol. The van der Waals surface area contributed by atoms with Gasteiger partial charge < -0.3 is 10.5 Å². The van der Waals surface area contributed by atoms with E-state index >= 15 is 0 Å². The van der Waals surface area contributed by atoms with Gasteiger partial charge in [0.05, 0.1) is 0 Å². The van der Waals surface area contributed by atoms with E-state index in [1.54, 1.807) is 6.07 Å². The molecule has 0 aliphatic heterocycles. The highest BCUT2D eigenvalue weighted by atomic mass is 19.4. The molecule has 0 heterocycles. The van der Waals surface area contributed by atoms with Crippen LogP contribution in [0, 0.1) is 0 Å². The van der Waals surface area contributed by atoms with E-state index in [2.05, 4.69) is 4.74 Å². The molecule has 0 saturated carbocycles. The second kappa shape index (κ2) is 5.91. The highest BCUT2D eigenvalue weighted by molar-refractivity contribution is 5.30. The Kier molecular flexibility index (Phi) is 4.81. The number of hydrogen-bond acceptors (Lipinski definition) is 2. The van der Waals surface area contributed by atoms with E-state index in [1.807, 2.05) is 6.92 Å². The monoisotopic (exact) mass is 247 g/mol. The number of benzene rings is 1. The van der Waals surface area contributed by atoms with Crippen LogP contribution < -0.4 is 10.5 Å². The number of unbranched alkanes of at least 4 members (excludes halogenated alkanes) is 1. The van der Waals surface area contributed by atoms with Gasteiger partial charge in [-0.2, -0.15) is 0 Å². The molecule has 0 aliphatic rings. The lowest BCUT2D eigenvalue weighted by molar-refractivity contribution is -0.274. The summed E-state index contributed by atoms with van der Waals surface area (Å²) in [6.45, 7) is 2.04. The third kappa shape index (κ3) is 5.08. The van der Waals surface area contributed by atoms with Crippen molar-refractivity contribution in [3.63, 3.8) is 0 Å². The van der Waals surface area contributed by atoms with Crippen LogP contribution in [0.4, 0.5) is 13.2 Å². The number of hydrogen-bond donors (Lipinski definition) is 1. The largest absolute Gasteiger partial charge is 0.573 e. The van der Waals surface area contributed by atoms with Crippen LogP contribution >= 0.6 is 0 Å². The minimum absolute atomic E-state index is 0.220. The fourth-order valence-electron chi connectivity index (χ4n) is 1.53. The van der Waals surface area contributed by atoms with Crippen molar-refractivity contribution in [1.82, 2.24) is 0 Å². The molecule has 0 saturated heterocycles. The molecule has 0 fully saturated rings. The molecule has 0 aliphatic carbocycles. The quantitative estimate of drug-likeness (QED) is 0.859. The molecule has 0 amide bonds. The molecule has 0 unspecified atom stereocenters. The van der Waals surface area contributed by atoms with Crippen molar-refractivity contribution < 1.29 is 17.9 Å². The Hall–Kier alpha value is -1.23. The van der Waals surface area contributed by atoms with Gasteiger partial charge in [0.15, 0.2) is 0 Å². The van der Waals surface area contributed by atoms with Crippen molar-refractivity contribution in [2.75, 3.05) is 0 Å². The summed E-state index contributed by atoms with van der Waals surface area (Å²) < 4.78 is 39.9. The van der Waals surface area contributed by atoms with Gasteiger partial charge in [-0.3, -0.25) is 0 Å². The number of alkyl halides is 3. The summed E-state index contributed by atoms with van der Waals surface area (Å²) in [6.07, 6.45) is -1.95. The highest BCUT2D eigenvalue weighted by Crippen LogP contribution is 2.26. The highest BCUT2D eigenvalue weighted by Gasteiger charge is 2.31. The normalized spacial score (nSPS) is 13.5. The maximum Gasteiger partial charge on any atom is 0.573 e. The molecule has 1 aromatic carbocycles. The van der Waals surface area contributed by atoms with E-state index in [4.69, 9.17) is 5.73 Å². The first-order valence-corrected chi connectivity index (χ1v) is 5.53. The summed E-state index contributed by atoms with van der Waals surface area (Å²) >= 11 is 0. The van der Waals surface area contributed by atoms with Crippen LogP contribution in [0.2, 0.25) is 0 Å². The van der Waals surface area contributed by atoms with E-state index in [0.717, 1.165) is 19.3 Å². The van der Waals surface area contributed by atoms with Crippen LogP contribution in [0.15, 0.2) is 24.3 Å². The zero-order valence-electron chi connectivity index (χ0n) is 9.63. The molecular formula is C12H16F3NO. The van der Waals surface area contributed by atoms with Crippen molar-refractivity contribution in [2.24, 2.45) is 5.73 Å². The van der Waals surface area contributed by atoms with Crippen LogP contribution in [0.5, 0.6) is 5.75 Å². The summed E-state index contributed by atoms with van der Waals surface area (Å²) in [4.78, 5) is 0. The molecule has 0 bridgehead atoms. The van der Waals surface area contributed by atoms with Crippen LogP contribution in [-0.2, 0) is 0 Å². The van der Waals surface area contributed by atoms with Gasteiger partial charge in [-0.1, -0.05) is 31.9 Å². The number of nitrogens with two attached hydrogens (primary N) is 1. The zero-order chi connectivity index (χ0) is 12.9. The Labute approximate surface area is 98.6 Å². The standard InChI is InChI=1S/C12H16F3NO/c1-2-3-7-11(16)9-5-4-6-10(8-9)17-12(13,14)15/h4-6,8,11H,2-3,7,16H2,1H3/t11-/m1/s1. The summed E-state index contributed by atoms with van der Waals surface area (Å²) in [7, 11) is 0. The van der Waals surface area contributed by atoms with Crippen molar-refractivity contribution in [3.05, 3.63) is 29.8 Å². The van der Waals surface area contributed by atoms with Crippen LogP contribution in [0.3, 0.4) is 0 Å². The minimum Gasteiger partial charge on any atom is -0.406 e. The third-order valence-electron chi connectivity index (χ3n) is 2.39. The molecule has 1 rings (SSSR count). The molecule has 1 atom stereocenters. The number of rotatable bonds is 5. The van der Waals surface area contributed by atoms with Gasteiger partial charge in [0, 0.05) is 6.04 Å². The van der Waals surface area contributed by atoms with E-state index in [1.165, 1.54) is 18.2 Å². The summed E-state index contributed by atoms with van der Waals surface area (Å²) in [5.74, 6) is -0.220. The number of halogens is 3. The Morgan fingerprint density at radius 2 is 2.06 bits per heavy atom. The second-order valence-electron chi connectivity index (χ2n) is 3.87. The van der Waals surface area contributed by atoms with Crippen LogP contribution in [0.1, 0.15) is 37.8 Å². The molecule has 96 valence electrons. The summed E-state index contributed by atoms with van der Waals surface area (Å²) in [5.41, 5.74) is 6.54. The van der Waals surface area contributed by atoms with Crippen molar-refractivity contribution in [2.45, 2.75) is 38.6 Å². The Bertz CT molecular complexity index is 352. The van der Waals surface area contributed by atoms with Crippen LogP contribution in [0.25, 0.3) is 0 Å². The van der Waals surface area contributed by atoms with Gasteiger partial charge in [-0.15, -0.1) is 13.2 Å². The molecular weight excluding hydrogens is 231 g/mol. The van der Waals surface area contributed by atoms with Crippen molar-refractivity contribution in [1.29, 1.82) is 0 Å². The fraction of sp³-hybridized carbons (Fsp3) is 0.500. The van der Waals surface area contributed by atoms with Gasteiger partial charge in [0.2, 0.25) is 0 Å². The molecule has 0 aromatic heterocycles. The topological polar surface area (TPSA) is 35.2 Å². The first-order chi connectivity index (χ1) is 7.92. The molecule has 0 radical (unpaired) electrons. The molecule has 2 nitrogen and oxygen atoms in total. The first-order valence-electron chi connectivity index (χ1n) is 5.53. The summed E-state index contributed by atoms with van der Waals surface area (Å²) in [5, 5.41) is 0. The van der Waals surface area contributed by atoms with Gasteiger partial charge >= 0.3 is 6.36 Å². The SMILES string of the molecule is CCCC[C@@H](N)c1cccc(OC(F)(F)F)c1. The smallest absolute Gasteiger partial charge is 0.406 e. The maximum absolute atomic E-state index is 12.0. The van der Waals surface area contributed by atoms with Crippen molar-refractivity contribution in [3.8, 4) is 5.75 Å². The molecule has 0 spiro atoms. The van der Waals surface area contributed by atoms with E-state index < -0.39 is 6.36 Å². The molecule has 1 aromatic rings. The summed E-state index contributed by atoms with van der Waals surface area (Å²) in [6, 6.07) is 5.59. The van der Waals surface area contributed by atoms with Gasteiger partial charge in [-0.25, -0.2) is 0 Å².